The summed E-state index contributed by atoms with van der Waals surface area (Å²) in [7, 11) is 0. The van der Waals surface area contributed by atoms with Gasteiger partial charge in [-0.25, -0.2) is 4.98 Å². The van der Waals surface area contributed by atoms with Crippen molar-refractivity contribution in [1.29, 1.82) is 0 Å². The summed E-state index contributed by atoms with van der Waals surface area (Å²) in [6.07, 6.45) is 2.73. The SMILES string of the molecule is Fc1ccc2c(n1)sc1c(-c3cc(Cc4ccccc4)ccn3)cccc12. The molecule has 0 N–H and O–H groups in total. The van der Waals surface area contributed by atoms with Crippen LogP contribution in [0.15, 0.2) is 79.0 Å². The van der Waals surface area contributed by atoms with Crippen molar-refractivity contribution in [3.8, 4) is 11.3 Å². The molecule has 5 aromatic rings. The van der Waals surface area contributed by atoms with E-state index in [0.717, 1.165) is 38.0 Å². The molecule has 3 aromatic heterocycles. The van der Waals surface area contributed by atoms with Gasteiger partial charge in [0.2, 0.25) is 5.95 Å². The van der Waals surface area contributed by atoms with Gasteiger partial charge in [-0.1, -0.05) is 48.5 Å². The molecule has 0 radical (unpaired) electrons. The van der Waals surface area contributed by atoms with Crippen LogP contribution in [0.1, 0.15) is 11.1 Å². The lowest BCUT2D eigenvalue weighted by atomic mass is 10.0. The molecule has 0 bridgehead atoms. The monoisotopic (exact) mass is 370 g/mol. The van der Waals surface area contributed by atoms with Gasteiger partial charge >= 0.3 is 0 Å². The molecule has 130 valence electrons. The van der Waals surface area contributed by atoms with E-state index in [-0.39, 0.29) is 0 Å². The number of aromatic nitrogens is 2. The minimum Gasteiger partial charge on any atom is -0.256 e. The van der Waals surface area contributed by atoms with Crippen LogP contribution in [-0.4, -0.2) is 9.97 Å². The Kier molecular flexibility index (Phi) is 3.91. The van der Waals surface area contributed by atoms with E-state index in [0.29, 0.717) is 0 Å². The normalized spacial score (nSPS) is 11.3. The summed E-state index contributed by atoms with van der Waals surface area (Å²) in [5, 5.41) is 2.08. The van der Waals surface area contributed by atoms with Crippen molar-refractivity contribution in [3.63, 3.8) is 0 Å². The molecule has 0 spiro atoms. The number of hydrogen-bond acceptors (Lipinski definition) is 3. The molecule has 0 fully saturated rings. The van der Waals surface area contributed by atoms with Crippen LogP contribution in [0.25, 0.3) is 31.6 Å². The van der Waals surface area contributed by atoms with Crippen LogP contribution in [-0.2, 0) is 6.42 Å². The summed E-state index contributed by atoms with van der Waals surface area (Å²) < 4.78 is 14.6. The summed E-state index contributed by atoms with van der Waals surface area (Å²) in [5.41, 5.74) is 4.48. The molecule has 0 aliphatic rings. The van der Waals surface area contributed by atoms with Crippen LogP contribution in [0.3, 0.4) is 0 Å². The van der Waals surface area contributed by atoms with E-state index >= 15 is 0 Å². The number of halogens is 1. The minimum absolute atomic E-state index is 0.446. The highest BCUT2D eigenvalue weighted by Crippen LogP contribution is 2.38. The van der Waals surface area contributed by atoms with Gasteiger partial charge in [0.1, 0.15) is 4.83 Å². The van der Waals surface area contributed by atoms with Gasteiger partial charge in [-0.05, 0) is 41.8 Å². The minimum atomic E-state index is -0.446. The molecule has 2 nitrogen and oxygen atoms in total. The Balaban J connectivity index is 1.63. The predicted molar refractivity (Wildman–Crippen MR) is 110 cm³/mol. The fraction of sp³-hybridized carbons (Fsp3) is 0.0435. The number of fused-ring (bicyclic) bond motifs is 3. The first-order valence-corrected chi connectivity index (χ1v) is 9.56. The van der Waals surface area contributed by atoms with Crippen molar-refractivity contribution in [2.75, 3.05) is 0 Å². The molecule has 0 aliphatic heterocycles. The molecule has 0 unspecified atom stereocenters. The van der Waals surface area contributed by atoms with E-state index in [1.807, 2.05) is 18.3 Å². The number of thiophene rings is 1. The van der Waals surface area contributed by atoms with E-state index in [1.54, 1.807) is 6.07 Å². The Morgan fingerprint density at radius 1 is 0.815 bits per heavy atom. The van der Waals surface area contributed by atoms with E-state index in [2.05, 4.69) is 58.5 Å². The van der Waals surface area contributed by atoms with Crippen molar-refractivity contribution in [1.82, 2.24) is 9.97 Å². The second-order valence-corrected chi connectivity index (χ2v) is 7.48. The van der Waals surface area contributed by atoms with Crippen molar-refractivity contribution in [2.24, 2.45) is 0 Å². The van der Waals surface area contributed by atoms with Crippen LogP contribution in [0.4, 0.5) is 4.39 Å². The molecule has 5 rings (SSSR count). The highest BCUT2D eigenvalue weighted by atomic mass is 32.1. The fourth-order valence-electron chi connectivity index (χ4n) is 3.42. The molecule has 0 atom stereocenters. The smallest absolute Gasteiger partial charge is 0.214 e. The molecular weight excluding hydrogens is 355 g/mol. The van der Waals surface area contributed by atoms with E-state index in [1.165, 1.54) is 28.5 Å². The van der Waals surface area contributed by atoms with Gasteiger partial charge < -0.3 is 0 Å². The van der Waals surface area contributed by atoms with Crippen LogP contribution in [0.5, 0.6) is 0 Å². The van der Waals surface area contributed by atoms with Gasteiger partial charge in [0.25, 0.3) is 0 Å². The van der Waals surface area contributed by atoms with Gasteiger partial charge in [-0.3, -0.25) is 4.98 Å². The van der Waals surface area contributed by atoms with Crippen LogP contribution in [0, 0.1) is 5.95 Å². The highest BCUT2D eigenvalue weighted by Gasteiger charge is 2.13. The molecule has 0 amide bonds. The van der Waals surface area contributed by atoms with Crippen LogP contribution in [0.2, 0.25) is 0 Å². The topological polar surface area (TPSA) is 25.8 Å². The third-order valence-electron chi connectivity index (χ3n) is 4.68. The van der Waals surface area contributed by atoms with Gasteiger partial charge in [-0.2, -0.15) is 4.39 Å². The molecule has 27 heavy (non-hydrogen) atoms. The lowest BCUT2D eigenvalue weighted by Crippen LogP contribution is -1.91. The zero-order chi connectivity index (χ0) is 18.2. The Morgan fingerprint density at radius 3 is 2.59 bits per heavy atom. The van der Waals surface area contributed by atoms with E-state index < -0.39 is 5.95 Å². The third kappa shape index (κ3) is 2.98. The molecular formula is C23H15FN2S. The molecule has 2 aromatic carbocycles. The van der Waals surface area contributed by atoms with Gasteiger partial charge in [0, 0.05) is 27.2 Å². The first-order valence-electron chi connectivity index (χ1n) is 8.75. The number of hydrogen-bond donors (Lipinski definition) is 0. The molecule has 0 saturated carbocycles. The van der Waals surface area contributed by atoms with Crippen LogP contribution < -0.4 is 0 Å². The number of rotatable bonds is 3. The molecule has 3 heterocycles. The quantitative estimate of drug-likeness (QED) is 0.351. The first-order chi connectivity index (χ1) is 13.3. The van der Waals surface area contributed by atoms with Crippen molar-refractivity contribution in [2.45, 2.75) is 6.42 Å². The van der Waals surface area contributed by atoms with Crippen LogP contribution >= 0.6 is 11.3 Å². The maximum Gasteiger partial charge on any atom is 0.214 e. The highest BCUT2D eigenvalue weighted by molar-refractivity contribution is 7.26. The number of benzene rings is 2. The van der Waals surface area contributed by atoms with Crippen molar-refractivity contribution >= 4 is 31.6 Å². The Labute approximate surface area is 160 Å². The number of pyridine rings is 2. The summed E-state index contributed by atoms with van der Waals surface area (Å²) >= 11 is 1.52. The van der Waals surface area contributed by atoms with E-state index in [4.69, 9.17) is 0 Å². The lowest BCUT2D eigenvalue weighted by molar-refractivity contribution is 0.590. The second-order valence-electron chi connectivity index (χ2n) is 6.48. The van der Waals surface area contributed by atoms with Gasteiger partial charge in [0.15, 0.2) is 0 Å². The lowest BCUT2D eigenvalue weighted by Gasteiger charge is -2.06. The maximum atomic E-state index is 13.5. The first kappa shape index (κ1) is 16.1. The Hall–Kier alpha value is -3.11. The molecule has 0 aliphatic carbocycles. The average molecular weight is 370 g/mol. The summed E-state index contributed by atoms with van der Waals surface area (Å²) in [5.74, 6) is -0.446. The maximum absolute atomic E-state index is 13.5. The number of nitrogens with zero attached hydrogens (tertiary/aromatic N) is 2. The fourth-order valence-corrected chi connectivity index (χ4v) is 4.61. The average Bonchev–Trinajstić information content (AvgIpc) is 3.06. The Bertz CT molecular complexity index is 1260. The summed E-state index contributed by atoms with van der Waals surface area (Å²) in [6, 6.07) is 24.0. The summed E-state index contributed by atoms with van der Waals surface area (Å²) in [4.78, 5) is 9.37. The van der Waals surface area contributed by atoms with Crippen molar-refractivity contribution in [3.05, 3.63) is 96.1 Å². The zero-order valence-corrected chi connectivity index (χ0v) is 15.2. The standard InChI is InChI=1S/C23H15FN2S/c24-21-10-9-18-17-7-4-8-19(22(17)27-23(18)26-21)20-14-16(11-12-25-20)13-15-5-2-1-3-6-15/h1-12,14H,13H2. The van der Waals surface area contributed by atoms with Gasteiger partial charge in [-0.15, -0.1) is 11.3 Å². The van der Waals surface area contributed by atoms with Crippen molar-refractivity contribution < 1.29 is 4.39 Å². The molecule has 0 saturated heterocycles. The Morgan fingerprint density at radius 2 is 1.70 bits per heavy atom. The second kappa shape index (κ2) is 6.56. The van der Waals surface area contributed by atoms with Gasteiger partial charge in [0.05, 0.1) is 5.69 Å². The van der Waals surface area contributed by atoms with E-state index in [9.17, 15) is 4.39 Å². The molecule has 4 heteroatoms. The largest absolute Gasteiger partial charge is 0.256 e. The predicted octanol–water partition coefficient (Wildman–Crippen LogP) is 6.24. The third-order valence-corrected chi connectivity index (χ3v) is 5.83. The zero-order valence-electron chi connectivity index (χ0n) is 14.4. The summed E-state index contributed by atoms with van der Waals surface area (Å²) in [6.45, 7) is 0.